The van der Waals surface area contributed by atoms with E-state index < -0.39 is 0 Å². The van der Waals surface area contributed by atoms with Crippen molar-refractivity contribution in [3.05, 3.63) is 36.0 Å². The van der Waals surface area contributed by atoms with Gasteiger partial charge in [0.05, 0.1) is 0 Å². The second-order valence-corrected chi connectivity index (χ2v) is 7.40. The molecule has 3 rings (SSSR count). The molecule has 1 fully saturated rings. The van der Waals surface area contributed by atoms with Gasteiger partial charge in [0.25, 0.3) is 0 Å². The predicted molar refractivity (Wildman–Crippen MR) is 115 cm³/mol. The summed E-state index contributed by atoms with van der Waals surface area (Å²) in [6.07, 6.45) is 6.18. The van der Waals surface area contributed by atoms with Gasteiger partial charge < -0.3 is 15.1 Å². The fourth-order valence-electron chi connectivity index (χ4n) is 3.69. The Morgan fingerprint density at radius 1 is 0.963 bits per heavy atom. The molecule has 1 aliphatic heterocycles. The summed E-state index contributed by atoms with van der Waals surface area (Å²) in [6.45, 7) is 10.8. The molecule has 1 N–H and O–H groups in total. The normalized spacial score (nSPS) is 14.3. The monoisotopic (exact) mass is 367 g/mol. The number of nitrogens with zero attached hydrogens (tertiary/aromatic N) is 4. The maximum atomic E-state index is 4.77. The molecule has 146 valence electrons. The largest absolute Gasteiger partial charge is 0.372 e. The van der Waals surface area contributed by atoms with E-state index in [-0.39, 0.29) is 0 Å². The summed E-state index contributed by atoms with van der Waals surface area (Å²) in [4.78, 5) is 14.2. The summed E-state index contributed by atoms with van der Waals surface area (Å²) in [5.74, 6) is 1.69. The van der Waals surface area contributed by atoms with Crippen LogP contribution in [-0.2, 0) is 0 Å². The van der Waals surface area contributed by atoms with Crippen LogP contribution in [0.25, 0.3) is 0 Å². The Labute approximate surface area is 163 Å². The van der Waals surface area contributed by atoms with Gasteiger partial charge in [0.15, 0.2) is 0 Å². The molecule has 27 heavy (non-hydrogen) atoms. The average Bonchev–Trinajstić information content (AvgIpc) is 2.69. The highest BCUT2D eigenvalue weighted by atomic mass is 15.2. The van der Waals surface area contributed by atoms with Gasteiger partial charge in [-0.2, -0.15) is 4.98 Å². The lowest BCUT2D eigenvalue weighted by atomic mass is 10.1. The molecule has 0 radical (unpaired) electrons. The van der Waals surface area contributed by atoms with E-state index in [9.17, 15) is 0 Å². The molecule has 0 aliphatic carbocycles. The Bertz CT molecular complexity index is 701. The SMILES string of the molecule is CCCN(CCC)c1cc(C)nc(Nc2ccc(N3CCCCC3)cc2)n1. The topological polar surface area (TPSA) is 44.3 Å². The summed E-state index contributed by atoms with van der Waals surface area (Å²) in [6, 6.07) is 10.7. The van der Waals surface area contributed by atoms with E-state index in [1.807, 2.05) is 6.92 Å². The molecule has 0 spiro atoms. The first-order valence-corrected chi connectivity index (χ1v) is 10.4. The lowest BCUT2D eigenvalue weighted by Gasteiger charge is -2.28. The van der Waals surface area contributed by atoms with Crippen LogP contribution in [0, 0.1) is 6.92 Å². The van der Waals surface area contributed by atoms with Gasteiger partial charge in [0.2, 0.25) is 5.95 Å². The molecule has 1 aromatic heterocycles. The van der Waals surface area contributed by atoms with Crippen molar-refractivity contribution in [3.63, 3.8) is 0 Å². The minimum atomic E-state index is 0.674. The quantitative estimate of drug-likeness (QED) is 0.699. The van der Waals surface area contributed by atoms with Crippen molar-refractivity contribution in [2.45, 2.75) is 52.9 Å². The number of rotatable bonds is 8. The second kappa shape index (κ2) is 9.58. The molecular formula is C22H33N5. The number of benzene rings is 1. The predicted octanol–water partition coefficient (Wildman–Crippen LogP) is 5.15. The summed E-state index contributed by atoms with van der Waals surface area (Å²) in [5, 5.41) is 3.39. The van der Waals surface area contributed by atoms with Crippen LogP contribution in [-0.4, -0.2) is 36.1 Å². The Hall–Kier alpha value is -2.30. The number of aryl methyl sites for hydroxylation is 1. The highest BCUT2D eigenvalue weighted by molar-refractivity contribution is 5.60. The van der Waals surface area contributed by atoms with Crippen LogP contribution < -0.4 is 15.1 Å². The smallest absolute Gasteiger partial charge is 0.229 e. The van der Waals surface area contributed by atoms with E-state index in [1.54, 1.807) is 0 Å². The van der Waals surface area contributed by atoms with Gasteiger partial charge in [-0.25, -0.2) is 4.98 Å². The van der Waals surface area contributed by atoms with Gasteiger partial charge in [-0.15, -0.1) is 0 Å². The average molecular weight is 368 g/mol. The molecule has 1 aliphatic rings. The van der Waals surface area contributed by atoms with Gasteiger partial charge in [0, 0.05) is 49.3 Å². The third-order valence-corrected chi connectivity index (χ3v) is 5.00. The first kappa shape index (κ1) is 19.5. The van der Waals surface area contributed by atoms with E-state index in [1.165, 1.54) is 38.0 Å². The van der Waals surface area contributed by atoms with E-state index in [0.29, 0.717) is 5.95 Å². The van der Waals surface area contributed by atoms with E-state index in [0.717, 1.165) is 43.1 Å². The molecule has 0 atom stereocenters. The van der Waals surface area contributed by atoms with Crippen LogP contribution in [0.2, 0.25) is 0 Å². The lowest BCUT2D eigenvalue weighted by molar-refractivity contribution is 0.578. The van der Waals surface area contributed by atoms with Crippen LogP contribution in [0.3, 0.4) is 0 Å². The van der Waals surface area contributed by atoms with Crippen molar-refractivity contribution >= 4 is 23.1 Å². The van der Waals surface area contributed by atoms with E-state index in [2.05, 4.69) is 64.3 Å². The molecule has 5 heteroatoms. The zero-order valence-electron chi connectivity index (χ0n) is 17.0. The number of nitrogens with one attached hydrogen (secondary N) is 1. The molecule has 0 amide bonds. The molecule has 2 aromatic rings. The Morgan fingerprint density at radius 3 is 2.26 bits per heavy atom. The standard InChI is InChI=1S/C22H33N5/c1-4-13-27(14-5-2)21-17-18(3)23-22(25-21)24-19-9-11-20(12-10-19)26-15-7-6-8-16-26/h9-12,17H,4-8,13-16H2,1-3H3,(H,23,24,25). The molecule has 0 unspecified atom stereocenters. The van der Waals surface area contributed by atoms with Crippen molar-refractivity contribution in [1.29, 1.82) is 0 Å². The number of anilines is 4. The van der Waals surface area contributed by atoms with Crippen LogP contribution in [0.5, 0.6) is 0 Å². The molecule has 5 nitrogen and oxygen atoms in total. The first-order chi connectivity index (χ1) is 13.2. The van der Waals surface area contributed by atoms with Crippen LogP contribution >= 0.6 is 0 Å². The van der Waals surface area contributed by atoms with E-state index >= 15 is 0 Å². The van der Waals surface area contributed by atoms with Crippen molar-refractivity contribution in [1.82, 2.24) is 9.97 Å². The van der Waals surface area contributed by atoms with Crippen molar-refractivity contribution in [2.24, 2.45) is 0 Å². The molecule has 2 heterocycles. The fraction of sp³-hybridized carbons (Fsp3) is 0.545. The summed E-state index contributed by atoms with van der Waals surface area (Å²) < 4.78 is 0. The van der Waals surface area contributed by atoms with Gasteiger partial charge >= 0.3 is 0 Å². The Balaban J connectivity index is 1.72. The highest BCUT2D eigenvalue weighted by Crippen LogP contribution is 2.24. The van der Waals surface area contributed by atoms with Crippen molar-refractivity contribution in [3.8, 4) is 0 Å². The number of aromatic nitrogens is 2. The van der Waals surface area contributed by atoms with Crippen molar-refractivity contribution < 1.29 is 0 Å². The minimum Gasteiger partial charge on any atom is -0.372 e. The maximum Gasteiger partial charge on any atom is 0.229 e. The maximum absolute atomic E-state index is 4.77. The third-order valence-electron chi connectivity index (χ3n) is 5.00. The molecule has 1 saturated heterocycles. The third kappa shape index (κ3) is 5.34. The van der Waals surface area contributed by atoms with E-state index in [4.69, 9.17) is 4.98 Å². The molecule has 0 saturated carbocycles. The molecular weight excluding hydrogens is 334 g/mol. The summed E-state index contributed by atoms with van der Waals surface area (Å²) in [7, 11) is 0. The van der Waals surface area contributed by atoms with Gasteiger partial charge in [-0.3, -0.25) is 0 Å². The number of hydrogen-bond donors (Lipinski definition) is 1. The van der Waals surface area contributed by atoms with Gasteiger partial charge in [-0.05, 0) is 63.3 Å². The second-order valence-electron chi connectivity index (χ2n) is 7.40. The zero-order valence-corrected chi connectivity index (χ0v) is 17.0. The molecule has 1 aromatic carbocycles. The Kier molecular flexibility index (Phi) is 6.91. The van der Waals surface area contributed by atoms with Crippen LogP contribution in [0.1, 0.15) is 51.6 Å². The highest BCUT2D eigenvalue weighted by Gasteiger charge is 2.12. The minimum absolute atomic E-state index is 0.674. The lowest BCUT2D eigenvalue weighted by Crippen LogP contribution is -2.29. The van der Waals surface area contributed by atoms with Crippen LogP contribution in [0.4, 0.5) is 23.1 Å². The zero-order chi connectivity index (χ0) is 19.1. The summed E-state index contributed by atoms with van der Waals surface area (Å²) >= 11 is 0. The molecule has 0 bridgehead atoms. The number of hydrogen-bond acceptors (Lipinski definition) is 5. The van der Waals surface area contributed by atoms with Crippen LogP contribution in [0.15, 0.2) is 30.3 Å². The summed E-state index contributed by atoms with van der Waals surface area (Å²) in [5.41, 5.74) is 3.33. The van der Waals surface area contributed by atoms with Gasteiger partial charge in [0.1, 0.15) is 5.82 Å². The first-order valence-electron chi connectivity index (χ1n) is 10.4. The Morgan fingerprint density at radius 2 is 1.63 bits per heavy atom. The van der Waals surface area contributed by atoms with Gasteiger partial charge in [-0.1, -0.05) is 13.8 Å². The number of piperidine rings is 1. The van der Waals surface area contributed by atoms with Crippen molar-refractivity contribution in [2.75, 3.05) is 41.3 Å². The fourth-order valence-corrected chi connectivity index (χ4v) is 3.69.